The Morgan fingerprint density at radius 1 is 1.17 bits per heavy atom. The summed E-state index contributed by atoms with van der Waals surface area (Å²) in [5.41, 5.74) is 3.10. The number of methoxy groups -OCH3 is 2. The Hall–Kier alpha value is -3.28. The zero-order valence-corrected chi connectivity index (χ0v) is 16.8. The fourth-order valence-electron chi connectivity index (χ4n) is 4.03. The third-order valence-electron chi connectivity index (χ3n) is 5.52. The maximum atomic E-state index is 12.9. The van der Waals surface area contributed by atoms with Gasteiger partial charge in [-0.2, -0.15) is 0 Å². The highest BCUT2D eigenvalue weighted by atomic mass is 16.5. The monoisotopic (exact) mass is 392 g/mol. The molecule has 0 spiro atoms. The van der Waals surface area contributed by atoms with E-state index in [0.29, 0.717) is 29.9 Å². The molecule has 1 aliphatic heterocycles. The molecule has 6 nitrogen and oxygen atoms in total. The van der Waals surface area contributed by atoms with Crippen LogP contribution < -0.4 is 20.2 Å². The first-order valence-electron chi connectivity index (χ1n) is 9.69. The van der Waals surface area contributed by atoms with Gasteiger partial charge >= 0.3 is 0 Å². The molecule has 3 aromatic rings. The normalized spacial score (nSPS) is 14.8. The minimum absolute atomic E-state index is 0.190. The van der Waals surface area contributed by atoms with Crippen LogP contribution in [0.2, 0.25) is 0 Å². The van der Waals surface area contributed by atoms with Gasteiger partial charge in [0.15, 0.2) is 11.5 Å². The first-order chi connectivity index (χ1) is 14.0. The molecular weight excluding hydrogens is 368 g/mol. The van der Waals surface area contributed by atoms with Crippen molar-refractivity contribution in [1.29, 1.82) is 0 Å². The number of pyridine rings is 1. The molecule has 1 aliphatic rings. The Labute approximate surface area is 169 Å². The van der Waals surface area contributed by atoms with Gasteiger partial charge in [-0.15, -0.1) is 0 Å². The van der Waals surface area contributed by atoms with Crippen LogP contribution in [0.5, 0.6) is 11.5 Å². The highest BCUT2D eigenvalue weighted by Gasteiger charge is 2.24. The van der Waals surface area contributed by atoms with Gasteiger partial charge in [0.05, 0.1) is 19.7 Å². The van der Waals surface area contributed by atoms with Gasteiger partial charge in [0.1, 0.15) is 5.56 Å². The number of rotatable bonds is 6. The lowest BCUT2D eigenvalue weighted by atomic mass is 10.1. The van der Waals surface area contributed by atoms with Crippen molar-refractivity contribution >= 4 is 16.8 Å². The van der Waals surface area contributed by atoms with Gasteiger partial charge in [-0.25, -0.2) is 0 Å². The number of benzene rings is 2. The number of nitrogens with zero attached hydrogens (tertiary/aromatic N) is 1. The zero-order valence-electron chi connectivity index (χ0n) is 16.8. The van der Waals surface area contributed by atoms with E-state index in [2.05, 4.69) is 16.8 Å². The van der Waals surface area contributed by atoms with Crippen LogP contribution in [0.15, 0.2) is 47.4 Å². The van der Waals surface area contributed by atoms with Crippen LogP contribution >= 0.6 is 0 Å². The molecule has 0 bridgehead atoms. The number of para-hydroxylation sites is 1. The molecule has 2 aromatic carbocycles. The second kappa shape index (κ2) is 7.62. The first-order valence-corrected chi connectivity index (χ1v) is 9.69. The van der Waals surface area contributed by atoms with E-state index in [4.69, 9.17) is 9.47 Å². The fraction of sp³-hybridized carbons (Fsp3) is 0.304. The lowest BCUT2D eigenvalue weighted by molar-refractivity contribution is 0.0952. The van der Waals surface area contributed by atoms with E-state index in [1.54, 1.807) is 26.5 Å². The standard InChI is InChI=1S/C23H24N2O4/c1-14-11-16-5-4-6-17-21(16)25(14)13-18(22(17)26)23(27)24-10-9-15-7-8-19(28-2)20(12-15)29-3/h4-8,12-14H,9-11H2,1-3H3,(H,24,27). The molecule has 0 fully saturated rings. The number of carbonyl (C=O) groups is 1. The predicted octanol–water partition coefficient (Wildman–Crippen LogP) is 3.11. The molecule has 0 saturated heterocycles. The Bertz CT molecular complexity index is 1150. The van der Waals surface area contributed by atoms with E-state index in [9.17, 15) is 9.59 Å². The Balaban J connectivity index is 1.52. The maximum Gasteiger partial charge on any atom is 0.256 e. The molecule has 4 rings (SSSR count). The smallest absolute Gasteiger partial charge is 0.256 e. The highest BCUT2D eigenvalue weighted by Crippen LogP contribution is 2.31. The molecule has 1 atom stereocenters. The molecule has 1 aromatic heterocycles. The van der Waals surface area contributed by atoms with Gasteiger partial charge in [-0.1, -0.05) is 18.2 Å². The summed E-state index contributed by atoms with van der Waals surface area (Å²) in [7, 11) is 3.18. The maximum absolute atomic E-state index is 12.9. The molecular formula is C23H24N2O4. The summed E-state index contributed by atoms with van der Waals surface area (Å²) in [6.45, 7) is 2.52. The SMILES string of the molecule is COc1ccc(CCNC(=O)c2cn3c4c(cccc4c2=O)CC3C)cc1OC. The van der Waals surface area contributed by atoms with Gasteiger partial charge in [0.25, 0.3) is 5.91 Å². The van der Waals surface area contributed by atoms with E-state index >= 15 is 0 Å². The van der Waals surface area contributed by atoms with E-state index in [1.165, 1.54) is 0 Å². The summed E-state index contributed by atoms with van der Waals surface area (Å²) in [6.07, 6.45) is 3.20. The van der Waals surface area contributed by atoms with Crippen LogP contribution in [-0.2, 0) is 12.8 Å². The van der Waals surface area contributed by atoms with E-state index in [-0.39, 0.29) is 22.9 Å². The molecule has 0 radical (unpaired) electrons. The van der Waals surface area contributed by atoms with Gasteiger partial charge in [0.2, 0.25) is 5.43 Å². The van der Waals surface area contributed by atoms with Crippen molar-refractivity contribution in [3.63, 3.8) is 0 Å². The van der Waals surface area contributed by atoms with Crippen molar-refractivity contribution in [2.75, 3.05) is 20.8 Å². The Kier molecular flexibility index (Phi) is 5.01. The van der Waals surface area contributed by atoms with Crippen LogP contribution in [0.3, 0.4) is 0 Å². The van der Waals surface area contributed by atoms with Gasteiger partial charge in [-0.05, 0) is 49.1 Å². The lowest BCUT2D eigenvalue weighted by Crippen LogP contribution is -2.31. The van der Waals surface area contributed by atoms with Crippen LogP contribution in [0.25, 0.3) is 10.9 Å². The average Bonchev–Trinajstić information content (AvgIpc) is 3.06. The average molecular weight is 392 g/mol. The second-order valence-electron chi connectivity index (χ2n) is 7.34. The van der Waals surface area contributed by atoms with Crippen molar-refractivity contribution in [3.8, 4) is 11.5 Å². The minimum atomic E-state index is -0.342. The summed E-state index contributed by atoms with van der Waals surface area (Å²) >= 11 is 0. The van der Waals surface area contributed by atoms with Crippen molar-refractivity contribution in [1.82, 2.24) is 9.88 Å². The quantitative estimate of drug-likeness (QED) is 0.700. The van der Waals surface area contributed by atoms with Crippen LogP contribution in [0.4, 0.5) is 0 Å². The van der Waals surface area contributed by atoms with Crippen molar-refractivity contribution in [3.05, 3.63) is 69.5 Å². The van der Waals surface area contributed by atoms with Crippen molar-refractivity contribution in [2.45, 2.75) is 25.8 Å². The Morgan fingerprint density at radius 3 is 2.72 bits per heavy atom. The molecule has 150 valence electrons. The molecule has 0 aliphatic carbocycles. The minimum Gasteiger partial charge on any atom is -0.493 e. The predicted molar refractivity (Wildman–Crippen MR) is 112 cm³/mol. The summed E-state index contributed by atoms with van der Waals surface area (Å²) in [4.78, 5) is 25.6. The number of hydrogen-bond donors (Lipinski definition) is 1. The summed E-state index contributed by atoms with van der Waals surface area (Å²) in [6, 6.07) is 11.6. The number of ether oxygens (including phenoxy) is 2. The number of carbonyl (C=O) groups excluding carboxylic acids is 1. The van der Waals surface area contributed by atoms with E-state index in [1.807, 2.05) is 30.3 Å². The zero-order chi connectivity index (χ0) is 20.5. The largest absolute Gasteiger partial charge is 0.493 e. The molecule has 0 saturated carbocycles. The molecule has 6 heteroatoms. The van der Waals surface area contributed by atoms with E-state index in [0.717, 1.165) is 23.1 Å². The van der Waals surface area contributed by atoms with Crippen LogP contribution in [0, 0.1) is 0 Å². The van der Waals surface area contributed by atoms with Crippen molar-refractivity contribution in [2.24, 2.45) is 0 Å². The third kappa shape index (κ3) is 3.35. The third-order valence-corrected chi connectivity index (χ3v) is 5.52. The molecule has 2 heterocycles. The molecule has 1 amide bonds. The fourth-order valence-corrected chi connectivity index (χ4v) is 4.03. The van der Waals surface area contributed by atoms with Gasteiger partial charge in [0, 0.05) is 24.2 Å². The first kappa shape index (κ1) is 19.1. The van der Waals surface area contributed by atoms with Crippen LogP contribution in [-0.4, -0.2) is 31.2 Å². The number of hydrogen-bond acceptors (Lipinski definition) is 4. The lowest BCUT2D eigenvalue weighted by Gasteiger charge is -2.13. The molecule has 29 heavy (non-hydrogen) atoms. The van der Waals surface area contributed by atoms with Crippen LogP contribution in [0.1, 0.15) is 34.5 Å². The number of aromatic nitrogens is 1. The summed E-state index contributed by atoms with van der Waals surface area (Å²) in [5.74, 6) is 0.971. The molecule has 1 unspecified atom stereocenters. The topological polar surface area (TPSA) is 69.6 Å². The second-order valence-corrected chi connectivity index (χ2v) is 7.34. The van der Waals surface area contributed by atoms with Gasteiger partial charge in [-0.3, -0.25) is 9.59 Å². The van der Waals surface area contributed by atoms with E-state index < -0.39 is 0 Å². The van der Waals surface area contributed by atoms with Gasteiger partial charge < -0.3 is 19.4 Å². The number of nitrogens with one attached hydrogen (secondary N) is 1. The molecule has 1 N–H and O–H groups in total. The van der Waals surface area contributed by atoms with Crippen molar-refractivity contribution < 1.29 is 14.3 Å². The Morgan fingerprint density at radius 2 is 1.97 bits per heavy atom. The summed E-state index contributed by atoms with van der Waals surface area (Å²) in [5, 5.41) is 3.49. The highest BCUT2D eigenvalue weighted by molar-refractivity contribution is 5.98. The summed E-state index contributed by atoms with van der Waals surface area (Å²) < 4.78 is 12.6. The number of amides is 1.